The van der Waals surface area contributed by atoms with E-state index >= 15 is 0 Å². The Balaban J connectivity index is 1.47. The Morgan fingerprint density at radius 1 is 1.28 bits per heavy atom. The Morgan fingerprint density at radius 3 is 2.90 bits per heavy atom. The van der Waals surface area contributed by atoms with Gasteiger partial charge in [-0.3, -0.25) is 14.9 Å². The first kappa shape index (κ1) is 18.6. The summed E-state index contributed by atoms with van der Waals surface area (Å²) in [7, 11) is 1.41. The fraction of sp³-hybridized carbons (Fsp3) is 0.111. The van der Waals surface area contributed by atoms with Crippen LogP contribution in [0.2, 0.25) is 0 Å². The lowest BCUT2D eigenvalue weighted by Gasteiger charge is -2.07. The van der Waals surface area contributed by atoms with Crippen molar-refractivity contribution in [2.75, 3.05) is 18.2 Å². The number of benzene rings is 2. The van der Waals surface area contributed by atoms with E-state index in [0.29, 0.717) is 22.1 Å². The SMILES string of the molecule is COc1ccc(NC(=O)CSc2nnc3c(n2)[nH]c2ccccc23)c([N+](=O)[O-])c1. The van der Waals surface area contributed by atoms with Gasteiger partial charge in [0.1, 0.15) is 17.0 Å². The summed E-state index contributed by atoms with van der Waals surface area (Å²) in [6.45, 7) is 0. The van der Waals surface area contributed by atoms with E-state index in [4.69, 9.17) is 4.74 Å². The molecule has 0 unspecified atom stereocenters. The molecule has 2 aromatic carbocycles. The zero-order chi connectivity index (χ0) is 20.4. The zero-order valence-electron chi connectivity index (χ0n) is 15.1. The van der Waals surface area contributed by atoms with Gasteiger partial charge in [-0.05, 0) is 18.2 Å². The van der Waals surface area contributed by atoms with Crippen molar-refractivity contribution in [2.24, 2.45) is 0 Å². The first-order chi connectivity index (χ1) is 14.0. The zero-order valence-corrected chi connectivity index (χ0v) is 15.9. The number of thioether (sulfide) groups is 1. The Bertz CT molecular complexity index is 1240. The van der Waals surface area contributed by atoms with Crippen LogP contribution in [0.4, 0.5) is 11.4 Å². The van der Waals surface area contributed by atoms with E-state index in [9.17, 15) is 14.9 Å². The van der Waals surface area contributed by atoms with E-state index in [1.807, 2.05) is 24.3 Å². The lowest BCUT2D eigenvalue weighted by atomic mass is 10.2. The average molecular weight is 410 g/mol. The van der Waals surface area contributed by atoms with E-state index in [1.54, 1.807) is 0 Å². The number of H-pyrrole nitrogens is 1. The second-order valence-electron chi connectivity index (χ2n) is 5.94. The number of nitrogens with zero attached hydrogens (tertiary/aromatic N) is 4. The number of nitrogens with one attached hydrogen (secondary N) is 2. The summed E-state index contributed by atoms with van der Waals surface area (Å²) in [6, 6.07) is 11.9. The second-order valence-corrected chi connectivity index (χ2v) is 6.88. The number of ether oxygens (including phenoxy) is 1. The molecular formula is C18H14N6O4S. The smallest absolute Gasteiger partial charge is 0.296 e. The van der Waals surface area contributed by atoms with Gasteiger partial charge in [-0.25, -0.2) is 4.98 Å². The molecule has 4 rings (SSSR count). The number of carbonyl (C=O) groups excluding carboxylic acids is 1. The van der Waals surface area contributed by atoms with Gasteiger partial charge in [0.25, 0.3) is 5.69 Å². The molecule has 146 valence electrons. The van der Waals surface area contributed by atoms with Crippen LogP contribution in [0.3, 0.4) is 0 Å². The third-order valence-electron chi connectivity index (χ3n) is 4.11. The second kappa shape index (κ2) is 7.72. The number of aromatic amines is 1. The quantitative estimate of drug-likeness (QED) is 0.281. The van der Waals surface area contributed by atoms with Crippen LogP contribution in [-0.4, -0.2) is 43.9 Å². The number of nitro benzene ring substituents is 1. The highest BCUT2D eigenvalue weighted by Gasteiger charge is 2.18. The van der Waals surface area contributed by atoms with Gasteiger partial charge in [-0.15, -0.1) is 10.2 Å². The predicted octanol–water partition coefficient (Wildman–Crippen LogP) is 3.15. The largest absolute Gasteiger partial charge is 0.496 e. The van der Waals surface area contributed by atoms with Crippen molar-refractivity contribution in [3.63, 3.8) is 0 Å². The van der Waals surface area contributed by atoms with E-state index < -0.39 is 10.8 Å². The van der Waals surface area contributed by atoms with Crippen LogP contribution >= 0.6 is 11.8 Å². The summed E-state index contributed by atoms with van der Waals surface area (Å²) in [5.41, 5.74) is 1.97. The van der Waals surface area contributed by atoms with Gasteiger partial charge >= 0.3 is 0 Å². The van der Waals surface area contributed by atoms with E-state index in [-0.39, 0.29) is 17.1 Å². The fourth-order valence-corrected chi connectivity index (χ4v) is 3.37. The van der Waals surface area contributed by atoms with Crippen molar-refractivity contribution < 1.29 is 14.5 Å². The molecule has 0 saturated carbocycles. The lowest BCUT2D eigenvalue weighted by molar-refractivity contribution is -0.384. The maximum atomic E-state index is 12.2. The molecule has 2 heterocycles. The number of carbonyl (C=O) groups is 1. The van der Waals surface area contributed by atoms with Gasteiger partial charge in [0, 0.05) is 10.9 Å². The summed E-state index contributed by atoms with van der Waals surface area (Å²) in [4.78, 5) is 30.4. The molecule has 0 radical (unpaired) electrons. The molecule has 2 aromatic heterocycles. The average Bonchev–Trinajstić information content (AvgIpc) is 3.10. The summed E-state index contributed by atoms with van der Waals surface area (Å²) < 4.78 is 4.98. The molecule has 0 spiro atoms. The molecule has 4 aromatic rings. The van der Waals surface area contributed by atoms with E-state index in [2.05, 4.69) is 25.5 Å². The van der Waals surface area contributed by atoms with Gasteiger partial charge in [-0.1, -0.05) is 30.0 Å². The molecule has 0 bridgehead atoms. The molecule has 0 aliphatic carbocycles. The number of anilines is 1. The fourth-order valence-electron chi connectivity index (χ4n) is 2.78. The van der Waals surface area contributed by atoms with Crippen LogP contribution in [0, 0.1) is 10.1 Å². The number of nitro groups is 1. The van der Waals surface area contributed by atoms with Gasteiger partial charge in [0.05, 0.1) is 23.9 Å². The van der Waals surface area contributed by atoms with Crippen molar-refractivity contribution in [3.05, 3.63) is 52.6 Å². The Kier molecular flexibility index (Phi) is 4.96. The third-order valence-corrected chi connectivity index (χ3v) is 4.95. The first-order valence-corrected chi connectivity index (χ1v) is 9.40. The maximum absolute atomic E-state index is 12.2. The normalized spacial score (nSPS) is 10.9. The summed E-state index contributed by atoms with van der Waals surface area (Å²) in [5.74, 6) is -0.129. The standard InChI is InChI=1S/C18H14N6O4S/c1-28-10-6-7-13(14(8-10)24(26)27)19-15(25)9-29-18-21-17-16(22-23-18)11-4-2-3-5-12(11)20-17/h2-8H,9H2,1H3,(H,19,25)(H,20,21,23). The number of para-hydroxylation sites is 1. The Morgan fingerprint density at radius 2 is 2.10 bits per heavy atom. The summed E-state index contributed by atoms with van der Waals surface area (Å²) in [6.07, 6.45) is 0. The van der Waals surface area contributed by atoms with Gasteiger partial charge in [0.15, 0.2) is 5.65 Å². The molecule has 0 aliphatic heterocycles. The number of aromatic nitrogens is 4. The van der Waals surface area contributed by atoms with Crippen molar-refractivity contribution in [3.8, 4) is 5.75 Å². The van der Waals surface area contributed by atoms with Crippen molar-refractivity contribution in [2.45, 2.75) is 5.16 Å². The number of methoxy groups -OCH3 is 1. The van der Waals surface area contributed by atoms with Gasteiger partial charge in [0.2, 0.25) is 11.1 Å². The number of hydrogen-bond acceptors (Lipinski definition) is 8. The molecule has 0 fully saturated rings. The maximum Gasteiger partial charge on any atom is 0.296 e. The first-order valence-electron chi connectivity index (χ1n) is 8.41. The molecule has 0 aliphatic rings. The molecule has 29 heavy (non-hydrogen) atoms. The summed E-state index contributed by atoms with van der Waals surface area (Å²) >= 11 is 1.08. The lowest BCUT2D eigenvalue weighted by Crippen LogP contribution is -2.15. The van der Waals surface area contributed by atoms with Gasteiger partial charge < -0.3 is 15.0 Å². The van der Waals surface area contributed by atoms with E-state index in [1.165, 1.54) is 25.3 Å². The number of rotatable bonds is 6. The number of amides is 1. The van der Waals surface area contributed by atoms with Gasteiger partial charge in [-0.2, -0.15) is 0 Å². The Hall–Kier alpha value is -3.73. The molecule has 2 N–H and O–H groups in total. The van der Waals surface area contributed by atoms with E-state index in [0.717, 1.165) is 22.7 Å². The van der Waals surface area contributed by atoms with Crippen LogP contribution in [0.5, 0.6) is 5.75 Å². The molecule has 11 heteroatoms. The number of hydrogen-bond donors (Lipinski definition) is 2. The van der Waals surface area contributed by atoms with Crippen molar-refractivity contribution >= 4 is 51.1 Å². The molecule has 0 atom stereocenters. The topological polar surface area (TPSA) is 136 Å². The molecule has 10 nitrogen and oxygen atoms in total. The minimum atomic E-state index is -0.581. The van der Waals surface area contributed by atoms with Crippen molar-refractivity contribution in [1.29, 1.82) is 0 Å². The molecular weight excluding hydrogens is 396 g/mol. The predicted molar refractivity (Wildman–Crippen MR) is 108 cm³/mol. The van der Waals surface area contributed by atoms with Crippen LogP contribution in [-0.2, 0) is 4.79 Å². The highest BCUT2D eigenvalue weighted by atomic mass is 32.2. The third kappa shape index (κ3) is 3.80. The Labute approximate surface area is 167 Å². The summed E-state index contributed by atoms with van der Waals surface area (Å²) in [5, 5.41) is 23.2. The van der Waals surface area contributed by atoms with Crippen molar-refractivity contribution in [1.82, 2.24) is 20.2 Å². The monoisotopic (exact) mass is 410 g/mol. The van der Waals surface area contributed by atoms with Crippen LogP contribution < -0.4 is 10.1 Å². The molecule has 0 saturated heterocycles. The number of fused-ring (bicyclic) bond motifs is 3. The van der Waals surface area contributed by atoms with Crippen LogP contribution in [0.15, 0.2) is 47.6 Å². The molecule has 1 amide bonds. The highest BCUT2D eigenvalue weighted by molar-refractivity contribution is 7.99. The minimum absolute atomic E-state index is 0.0312. The van der Waals surface area contributed by atoms with Crippen LogP contribution in [0.25, 0.3) is 22.1 Å². The highest BCUT2D eigenvalue weighted by Crippen LogP contribution is 2.29. The van der Waals surface area contributed by atoms with Crippen LogP contribution in [0.1, 0.15) is 0 Å². The minimum Gasteiger partial charge on any atom is -0.496 e.